The van der Waals surface area contributed by atoms with Crippen LogP contribution in [0.4, 0.5) is 5.69 Å². The lowest BCUT2D eigenvalue weighted by Crippen LogP contribution is -2.20. The minimum atomic E-state index is -0.196. The molecule has 0 bridgehead atoms. The van der Waals surface area contributed by atoms with Gasteiger partial charge in [0.2, 0.25) is 0 Å². The van der Waals surface area contributed by atoms with E-state index in [0.717, 1.165) is 12.2 Å². The summed E-state index contributed by atoms with van der Waals surface area (Å²) in [5.41, 5.74) is 1.68. The lowest BCUT2D eigenvalue weighted by Gasteiger charge is -2.21. The number of benzene rings is 2. The number of carbonyl (C=O) groups is 1. The lowest BCUT2D eigenvalue weighted by atomic mass is 10.0. The molecule has 2 aromatic carbocycles. The number of ether oxygens (including phenoxy) is 1. The third-order valence-corrected chi connectivity index (χ3v) is 3.66. The van der Waals surface area contributed by atoms with Crippen LogP contribution in [0.3, 0.4) is 0 Å². The minimum absolute atomic E-state index is 0.196. The maximum atomic E-state index is 12.6. The largest absolute Gasteiger partial charge is 0.489 e. The second-order valence-corrected chi connectivity index (χ2v) is 5.25. The van der Waals surface area contributed by atoms with Crippen LogP contribution in [0.1, 0.15) is 15.9 Å². The Balaban J connectivity index is 2.09. The molecule has 3 nitrogen and oxygen atoms in total. The van der Waals surface area contributed by atoms with Crippen molar-refractivity contribution in [2.45, 2.75) is 0 Å². The van der Waals surface area contributed by atoms with Gasteiger partial charge in [0.25, 0.3) is 0 Å². The first-order chi connectivity index (χ1) is 9.66. The number of fused-ring (bicyclic) bond motifs is 1. The fourth-order valence-electron chi connectivity index (χ4n) is 2.17. The molecular formula is C15H11Cl2NO2. The molecule has 3 rings (SSSR count). The molecule has 1 aliphatic heterocycles. The number of hydrogen-bond donors (Lipinski definition) is 1. The predicted molar refractivity (Wildman–Crippen MR) is 80.3 cm³/mol. The first-order valence-corrected chi connectivity index (χ1v) is 6.92. The van der Waals surface area contributed by atoms with Crippen LogP contribution in [0.5, 0.6) is 5.75 Å². The van der Waals surface area contributed by atoms with Gasteiger partial charge in [-0.25, -0.2) is 0 Å². The second kappa shape index (κ2) is 5.35. The summed E-state index contributed by atoms with van der Waals surface area (Å²) in [5, 5.41) is 4.05. The third-order valence-electron chi connectivity index (χ3n) is 3.10. The number of para-hydroxylation sites is 1. The fraction of sp³-hybridized carbons (Fsp3) is 0.133. The molecule has 102 valence electrons. The SMILES string of the molecule is O=C(c1cc(Cl)ccc1Cl)c1cccc2c1OCCN2. The second-order valence-electron chi connectivity index (χ2n) is 4.41. The first kappa shape index (κ1) is 13.3. The van der Waals surface area contributed by atoms with Gasteiger partial charge in [0.05, 0.1) is 16.3 Å². The summed E-state index contributed by atoms with van der Waals surface area (Å²) in [4.78, 5) is 12.6. The molecular weight excluding hydrogens is 297 g/mol. The average Bonchev–Trinajstić information content (AvgIpc) is 2.48. The molecule has 0 fully saturated rings. The van der Waals surface area contributed by atoms with Gasteiger partial charge in [-0.1, -0.05) is 29.3 Å². The van der Waals surface area contributed by atoms with Crippen LogP contribution in [0.15, 0.2) is 36.4 Å². The fourth-order valence-corrected chi connectivity index (χ4v) is 2.54. The number of hydrogen-bond acceptors (Lipinski definition) is 3. The highest BCUT2D eigenvalue weighted by atomic mass is 35.5. The maximum absolute atomic E-state index is 12.6. The number of rotatable bonds is 2. The monoisotopic (exact) mass is 307 g/mol. The van der Waals surface area contributed by atoms with Crippen molar-refractivity contribution in [1.82, 2.24) is 0 Å². The van der Waals surface area contributed by atoms with Crippen LogP contribution < -0.4 is 10.1 Å². The van der Waals surface area contributed by atoms with E-state index in [1.54, 1.807) is 24.3 Å². The Bertz CT molecular complexity index is 686. The van der Waals surface area contributed by atoms with Crippen LogP contribution in [-0.4, -0.2) is 18.9 Å². The summed E-state index contributed by atoms with van der Waals surface area (Å²) in [6.45, 7) is 1.25. The van der Waals surface area contributed by atoms with Crippen molar-refractivity contribution >= 4 is 34.7 Å². The summed E-state index contributed by atoms with van der Waals surface area (Å²) in [7, 11) is 0. The van der Waals surface area contributed by atoms with E-state index in [4.69, 9.17) is 27.9 Å². The molecule has 1 heterocycles. The Hall–Kier alpha value is -1.71. The van der Waals surface area contributed by atoms with Gasteiger partial charge in [0.1, 0.15) is 6.61 Å². The van der Waals surface area contributed by atoms with Crippen molar-refractivity contribution in [2.24, 2.45) is 0 Å². The number of ketones is 1. The molecule has 0 saturated heterocycles. The van der Waals surface area contributed by atoms with Gasteiger partial charge in [-0.2, -0.15) is 0 Å². The summed E-state index contributed by atoms with van der Waals surface area (Å²) >= 11 is 12.0. The van der Waals surface area contributed by atoms with E-state index in [1.807, 2.05) is 12.1 Å². The zero-order chi connectivity index (χ0) is 14.1. The third kappa shape index (κ3) is 2.35. The Labute approximate surface area is 126 Å². The summed E-state index contributed by atoms with van der Waals surface area (Å²) < 4.78 is 5.61. The molecule has 0 aliphatic carbocycles. The molecule has 20 heavy (non-hydrogen) atoms. The maximum Gasteiger partial charge on any atom is 0.198 e. The molecule has 0 spiro atoms. The van der Waals surface area contributed by atoms with Crippen LogP contribution in [0.25, 0.3) is 0 Å². The first-order valence-electron chi connectivity index (χ1n) is 6.16. The summed E-state index contributed by atoms with van der Waals surface area (Å²) in [6.07, 6.45) is 0. The lowest BCUT2D eigenvalue weighted by molar-refractivity contribution is 0.103. The topological polar surface area (TPSA) is 38.3 Å². The molecule has 1 aliphatic rings. The van der Waals surface area contributed by atoms with Crippen molar-refractivity contribution in [2.75, 3.05) is 18.5 Å². The molecule has 5 heteroatoms. The van der Waals surface area contributed by atoms with Crippen molar-refractivity contribution < 1.29 is 9.53 Å². The number of anilines is 1. The molecule has 0 atom stereocenters. The van der Waals surface area contributed by atoms with Crippen LogP contribution in [0, 0.1) is 0 Å². The Morgan fingerprint density at radius 3 is 2.85 bits per heavy atom. The van der Waals surface area contributed by atoms with E-state index in [9.17, 15) is 4.79 Å². The van der Waals surface area contributed by atoms with Crippen molar-refractivity contribution in [1.29, 1.82) is 0 Å². The molecule has 0 radical (unpaired) electrons. The molecule has 0 unspecified atom stereocenters. The molecule has 0 amide bonds. The van der Waals surface area contributed by atoms with E-state index in [2.05, 4.69) is 5.32 Å². The van der Waals surface area contributed by atoms with Gasteiger partial charge < -0.3 is 10.1 Å². The quantitative estimate of drug-likeness (QED) is 0.851. The number of halogens is 2. The minimum Gasteiger partial charge on any atom is -0.489 e. The molecule has 0 aromatic heterocycles. The van der Waals surface area contributed by atoms with Crippen molar-refractivity contribution in [3.63, 3.8) is 0 Å². The average molecular weight is 308 g/mol. The van der Waals surface area contributed by atoms with Crippen molar-refractivity contribution in [3.05, 3.63) is 57.6 Å². The van der Waals surface area contributed by atoms with Crippen LogP contribution in [-0.2, 0) is 0 Å². The zero-order valence-corrected chi connectivity index (χ0v) is 12.0. The van der Waals surface area contributed by atoms with E-state index in [-0.39, 0.29) is 5.78 Å². The Kier molecular flexibility index (Phi) is 3.55. The standard InChI is InChI=1S/C15H11Cl2NO2/c16-9-4-5-12(17)11(8-9)14(19)10-2-1-3-13-15(10)20-7-6-18-13/h1-5,8,18H,6-7H2. The summed E-state index contributed by atoms with van der Waals surface area (Å²) in [5.74, 6) is 0.373. The van der Waals surface area contributed by atoms with Gasteiger partial charge in [-0.3, -0.25) is 4.79 Å². The number of nitrogens with one attached hydrogen (secondary N) is 1. The normalized spacial score (nSPS) is 13.1. The van der Waals surface area contributed by atoms with Crippen LogP contribution >= 0.6 is 23.2 Å². The highest BCUT2D eigenvalue weighted by Crippen LogP contribution is 2.34. The molecule has 2 aromatic rings. The van der Waals surface area contributed by atoms with E-state index in [1.165, 1.54) is 0 Å². The highest BCUT2D eigenvalue weighted by Gasteiger charge is 2.21. The van der Waals surface area contributed by atoms with Crippen LogP contribution in [0.2, 0.25) is 10.0 Å². The van der Waals surface area contributed by atoms with Gasteiger partial charge in [0.15, 0.2) is 11.5 Å². The van der Waals surface area contributed by atoms with E-state index < -0.39 is 0 Å². The Morgan fingerprint density at radius 2 is 2.00 bits per heavy atom. The van der Waals surface area contributed by atoms with Gasteiger partial charge in [0, 0.05) is 17.1 Å². The molecule has 1 N–H and O–H groups in total. The van der Waals surface area contributed by atoms with E-state index in [0.29, 0.717) is 33.5 Å². The Morgan fingerprint density at radius 1 is 1.15 bits per heavy atom. The zero-order valence-electron chi connectivity index (χ0n) is 10.5. The predicted octanol–water partition coefficient (Wildman–Crippen LogP) is 4.03. The summed E-state index contributed by atoms with van der Waals surface area (Å²) in [6, 6.07) is 10.3. The van der Waals surface area contributed by atoms with Gasteiger partial charge in [-0.15, -0.1) is 0 Å². The number of carbonyl (C=O) groups excluding carboxylic acids is 1. The molecule has 0 saturated carbocycles. The van der Waals surface area contributed by atoms with Gasteiger partial charge in [-0.05, 0) is 30.3 Å². The van der Waals surface area contributed by atoms with Gasteiger partial charge >= 0.3 is 0 Å². The smallest absolute Gasteiger partial charge is 0.198 e. The van der Waals surface area contributed by atoms with E-state index >= 15 is 0 Å². The highest BCUT2D eigenvalue weighted by molar-refractivity contribution is 6.37. The van der Waals surface area contributed by atoms with Crippen molar-refractivity contribution in [3.8, 4) is 5.75 Å².